The fourth-order valence-electron chi connectivity index (χ4n) is 2.67. The smallest absolute Gasteiger partial charge is 0.248 e. The van der Waals surface area contributed by atoms with Gasteiger partial charge in [-0.2, -0.15) is 0 Å². The van der Waals surface area contributed by atoms with E-state index in [1.807, 2.05) is 6.92 Å². The molecule has 0 radical (unpaired) electrons. The summed E-state index contributed by atoms with van der Waals surface area (Å²) in [7, 11) is 0. The molecular formula is C14H23F2N. The van der Waals surface area contributed by atoms with Gasteiger partial charge < -0.3 is 5.32 Å². The Labute approximate surface area is 103 Å². The van der Waals surface area contributed by atoms with Gasteiger partial charge in [0.2, 0.25) is 5.92 Å². The Morgan fingerprint density at radius 3 is 1.94 bits per heavy atom. The highest BCUT2D eigenvalue weighted by atomic mass is 19.3. The Balaban J connectivity index is 2.85. The second kappa shape index (κ2) is 4.79. The van der Waals surface area contributed by atoms with Crippen LogP contribution in [0.15, 0.2) is 24.6 Å². The lowest BCUT2D eigenvalue weighted by atomic mass is 9.64. The third kappa shape index (κ3) is 3.08. The highest BCUT2D eigenvalue weighted by Gasteiger charge is 2.46. The Morgan fingerprint density at radius 2 is 1.59 bits per heavy atom. The lowest BCUT2D eigenvalue weighted by molar-refractivity contribution is -0.0691. The molecule has 1 N–H and O–H groups in total. The maximum atomic E-state index is 13.3. The maximum Gasteiger partial charge on any atom is 0.248 e. The minimum atomic E-state index is -2.50. The van der Waals surface area contributed by atoms with E-state index in [1.165, 1.54) is 0 Å². The molecule has 0 aromatic carbocycles. The summed E-state index contributed by atoms with van der Waals surface area (Å²) in [6.07, 6.45) is 0.914. The number of alkyl halides is 2. The van der Waals surface area contributed by atoms with E-state index in [0.717, 1.165) is 11.4 Å². The molecule has 0 aromatic heterocycles. The minimum absolute atomic E-state index is 0.0396. The van der Waals surface area contributed by atoms with E-state index in [9.17, 15) is 8.78 Å². The van der Waals surface area contributed by atoms with Crippen molar-refractivity contribution in [3.8, 4) is 0 Å². The zero-order valence-electron chi connectivity index (χ0n) is 11.1. The number of hydrogen-bond donors (Lipinski definition) is 1. The van der Waals surface area contributed by atoms with Gasteiger partial charge in [-0.05, 0) is 25.7 Å². The molecule has 0 aromatic rings. The van der Waals surface area contributed by atoms with Gasteiger partial charge in [0.05, 0.1) is 0 Å². The largest absolute Gasteiger partial charge is 0.363 e. The van der Waals surface area contributed by atoms with E-state index >= 15 is 0 Å². The quantitative estimate of drug-likeness (QED) is 0.768. The van der Waals surface area contributed by atoms with Crippen LogP contribution in [0.5, 0.6) is 0 Å². The van der Waals surface area contributed by atoms with Crippen molar-refractivity contribution in [2.24, 2.45) is 11.3 Å². The van der Waals surface area contributed by atoms with Crippen LogP contribution in [0, 0.1) is 11.3 Å². The molecule has 1 fully saturated rings. The second-order valence-corrected chi connectivity index (χ2v) is 5.55. The Morgan fingerprint density at radius 1 is 1.12 bits per heavy atom. The van der Waals surface area contributed by atoms with Crippen LogP contribution >= 0.6 is 0 Å². The molecule has 17 heavy (non-hydrogen) atoms. The van der Waals surface area contributed by atoms with Crippen molar-refractivity contribution < 1.29 is 8.78 Å². The summed E-state index contributed by atoms with van der Waals surface area (Å²) in [5.74, 6) is -2.19. The molecule has 1 aliphatic carbocycles. The number of nitrogens with one attached hydrogen (secondary N) is 1. The van der Waals surface area contributed by atoms with Gasteiger partial charge >= 0.3 is 0 Å². The number of allylic oxidation sites excluding steroid dienone is 2. The minimum Gasteiger partial charge on any atom is -0.363 e. The van der Waals surface area contributed by atoms with Gasteiger partial charge in [0, 0.05) is 29.7 Å². The van der Waals surface area contributed by atoms with Crippen LogP contribution in [-0.2, 0) is 0 Å². The summed E-state index contributed by atoms with van der Waals surface area (Å²) in [5.41, 5.74) is 1.43. The van der Waals surface area contributed by atoms with Crippen molar-refractivity contribution in [3.05, 3.63) is 24.6 Å². The summed E-state index contributed by atoms with van der Waals surface area (Å²) >= 11 is 0. The average molecular weight is 243 g/mol. The van der Waals surface area contributed by atoms with E-state index in [4.69, 9.17) is 0 Å². The standard InChI is InChI=1S/C14H23F2N/c1-10(2)13(12(5)17-11(3)4)6-8-14(15,16)9-7-13/h10,17H,3,5-9H2,1-2,4H3. The van der Waals surface area contributed by atoms with Gasteiger partial charge in [0.15, 0.2) is 0 Å². The van der Waals surface area contributed by atoms with Gasteiger partial charge in [-0.1, -0.05) is 27.0 Å². The van der Waals surface area contributed by atoms with Gasteiger partial charge in [0.1, 0.15) is 0 Å². The van der Waals surface area contributed by atoms with Crippen molar-refractivity contribution in [2.45, 2.75) is 52.4 Å². The molecule has 1 aliphatic rings. The van der Waals surface area contributed by atoms with Crippen molar-refractivity contribution in [1.29, 1.82) is 0 Å². The second-order valence-electron chi connectivity index (χ2n) is 5.55. The van der Waals surface area contributed by atoms with Gasteiger partial charge in [-0.15, -0.1) is 0 Å². The monoisotopic (exact) mass is 243 g/mol. The number of hydrogen-bond acceptors (Lipinski definition) is 1. The predicted octanol–water partition coefficient (Wildman–Crippen LogP) is 4.48. The topological polar surface area (TPSA) is 12.0 Å². The lowest BCUT2D eigenvalue weighted by Gasteiger charge is -2.45. The highest BCUT2D eigenvalue weighted by molar-refractivity contribution is 5.16. The van der Waals surface area contributed by atoms with Crippen LogP contribution in [0.4, 0.5) is 8.78 Å². The zero-order chi connectivity index (χ0) is 13.3. The lowest BCUT2D eigenvalue weighted by Crippen LogP contribution is -2.41. The molecular weight excluding hydrogens is 220 g/mol. The first-order chi connectivity index (χ1) is 7.69. The van der Waals surface area contributed by atoms with Crippen LogP contribution in [0.3, 0.4) is 0 Å². The van der Waals surface area contributed by atoms with E-state index in [0.29, 0.717) is 18.8 Å². The Hall–Kier alpha value is -0.860. The first kappa shape index (κ1) is 14.2. The molecule has 3 heteroatoms. The summed E-state index contributed by atoms with van der Waals surface area (Å²) in [4.78, 5) is 0. The maximum absolute atomic E-state index is 13.3. The van der Waals surface area contributed by atoms with E-state index in [1.54, 1.807) is 0 Å². The first-order valence-electron chi connectivity index (χ1n) is 6.19. The highest BCUT2D eigenvalue weighted by Crippen LogP contribution is 2.51. The van der Waals surface area contributed by atoms with Gasteiger partial charge in [-0.3, -0.25) is 0 Å². The molecule has 1 rings (SSSR count). The molecule has 0 unspecified atom stereocenters. The Kier molecular flexibility index (Phi) is 4.00. The van der Waals surface area contributed by atoms with Crippen molar-refractivity contribution in [3.63, 3.8) is 0 Å². The normalized spacial score (nSPS) is 22.2. The SMILES string of the molecule is C=C(C)NC(=C)C1(C(C)C)CCC(F)(F)CC1. The summed E-state index contributed by atoms with van der Waals surface area (Å²) in [5, 5.41) is 3.13. The summed E-state index contributed by atoms with van der Waals surface area (Å²) < 4.78 is 26.5. The summed E-state index contributed by atoms with van der Waals surface area (Å²) in [6.45, 7) is 13.8. The van der Waals surface area contributed by atoms with Crippen LogP contribution in [0.2, 0.25) is 0 Å². The van der Waals surface area contributed by atoms with Crippen molar-refractivity contribution in [1.82, 2.24) is 5.32 Å². The molecule has 0 saturated heterocycles. The third-order valence-electron chi connectivity index (χ3n) is 3.94. The molecule has 0 heterocycles. The van der Waals surface area contributed by atoms with E-state index in [2.05, 4.69) is 32.3 Å². The van der Waals surface area contributed by atoms with E-state index < -0.39 is 5.92 Å². The molecule has 1 saturated carbocycles. The van der Waals surface area contributed by atoms with Gasteiger partial charge in [-0.25, -0.2) is 8.78 Å². The van der Waals surface area contributed by atoms with E-state index in [-0.39, 0.29) is 18.3 Å². The fourth-order valence-corrected chi connectivity index (χ4v) is 2.67. The molecule has 0 amide bonds. The van der Waals surface area contributed by atoms with Crippen LogP contribution in [0.1, 0.15) is 46.5 Å². The Bertz CT molecular complexity index is 308. The fraction of sp³-hybridized carbons (Fsp3) is 0.714. The van der Waals surface area contributed by atoms with Crippen molar-refractivity contribution >= 4 is 0 Å². The van der Waals surface area contributed by atoms with Crippen LogP contribution in [0.25, 0.3) is 0 Å². The molecule has 1 nitrogen and oxygen atoms in total. The number of halogens is 2. The molecule has 0 atom stereocenters. The molecule has 0 spiro atoms. The predicted molar refractivity (Wildman–Crippen MR) is 67.8 cm³/mol. The zero-order valence-corrected chi connectivity index (χ0v) is 11.1. The van der Waals surface area contributed by atoms with Crippen molar-refractivity contribution in [2.75, 3.05) is 0 Å². The number of rotatable bonds is 4. The average Bonchev–Trinajstić information content (AvgIpc) is 2.16. The molecule has 98 valence electrons. The molecule has 0 aliphatic heterocycles. The summed E-state index contributed by atoms with van der Waals surface area (Å²) in [6, 6.07) is 0. The third-order valence-corrected chi connectivity index (χ3v) is 3.94. The van der Waals surface area contributed by atoms with Gasteiger partial charge in [0.25, 0.3) is 0 Å². The van der Waals surface area contributed by atoms with Crippen LogP contribution < -0.4 is 5.32 Å². The molecule has 0 bridgehead atoms. The first-order valence-corrected chi connectivity index (χ1v) is 6.19. The van der Waals surface area contributed by atoms with Crippen LogP contribution in [-0.4, -0.2) is 5.92 Å².